The number of nitrogens with zero attached hydrogens (tertiary/aromatic N) is 2. The van der Waals surface area contributed by atoms with Crippen molar-refractivity contribution in [1.29, 1.82) is 0 Å². The largest absolute Gasteiger partial charge is 0.348 e. The number of nitrogens with one attached hydrogen (secondary N) is 1. The van der Waals surface area contributed by atoms with Gasteiger partial charge in [-0.15, -0.1) is 11.8 Å². The number of allylic oxidation sites excluding steroid dienone is 1. The van der Waals surface area contributed by atoms with E-state index in [1.165, 1.54) is 43.4 Å². The van der Waals surface area contributed by atoms with Crippen LogP contribution in [0.15, 0.2) is 21.0 Å². The van der Waals surface area contributed by atoms with Crippen LogP contribution in [0.1, 0.15) is 59.3 Å². The van der Waals surface area contributed by atoms with Crippen LogP contribution in [-0.4, -0.2) is 23.1 Å². The van der Waals surface area contributed by atoms with E-state index in [-0.39, 0.29) is 6.17 Å². The maximum absolute atomic E-state index is 4.53. The highest BCUT2D eigenvalue weighted by atomic mass is 32.2. The van der Waals surface area contributed by atoms with E-state index in [1.54, 1.807) is 0 Å². The smallest absolute Gasteiger partial charge is 0.143 e. The molecule has 106 valence electrons. The van der Waals surface area contributed by atoms with Gasteiger partial charge < -0.3 is 5.32 Å². The van der Waals surface area contributed by atoms with Gasteiger partial charge in [0.15, 0.2) is 0 Å². The first-order valence-electron chi connectivity index (χ1n) is 7.46. The van der Waals surface area contributed by atoms with Crippen molar-refractivity contribution < 1.29 is 0 Å². The number of hydrogen-bond donors (Lipinski definition) is 1. The minimum absolute atomic E-state index is 0.151. The quantitative estimate of drug-likeness (QED) is 0.743. The first-order chi connectivity index (χ1) is 9.19. The standard InChI is InChI=1S/C15H25N3S/c1-4-5-6-7-8-13-9-10-14(19-13)15-17-11(2)16-12(3)18-15/h10-11,13H,4-9H2,1-3H3,(H,16,17,18). The van der Waals surface area contributed by atoms with Crippen LogP contribution in [0.2, 0.25) is 0 Å². The number of hydrogen-bond acceptors (Lipinski definition) is 4. The van der Waals surface area contributed by atoms with E-state index < -0.39 is 0 Å². The van der Waals surface area contributed by atoms with E-state index in [4.69, 9.17) is 0 Å². The summed E-state index contributed by atoms with van der Waals surface area (Å²) in [7, 11) is 0. The summed E-state index contributed by atoms with van der Waals surface area (Å²) in [6.45, 7) is 6.31. The van der Waals surface area contributed by atoms with Crippen molar-refractivity contribution in [3.8, 4) is 0 Å². The molecule has 2 heterocycles. The highest BCUT2D eigenvalue weighted by Gasteiger charge is 2.23. The van der Waals surface area contributed by atoms with Crippen molar-refractivity contribution in [2.45, 2.75) is 70.7 Å². The minimum Gasteiger partial charge on any atom is -0.348 e. The van der Waals surface area contributed by atoms with E-state index in [0.717, 1.165) is 16.9 Å². The lowest BCUT2D eigenvalue weighted by molar-refractivity contribution is 0.621. The Labute approximate surface area is 121 Å². The molecule has 0 aromatic heterocycles. The Hall–Kier alpha value is -0.770. The van der Waals surface area contributed by atoms with Crippen LogP contribution in [0.5, 0.6) is 0 Å². The highest BCUT2D eigenvalue weighted by molar-refractivity contribution is 8.04. The molecule has 3 nitrogen and oxygen atoms in total. The molecular formula is C15H25N3S. The molecule has 0 aromatic rings. The third-order valence-electron chi connectivity index (χ3n) is 3.47. The van der Waals surface area contributed by atoms with Gasteiger partial charge in [-0.05, 0) is 26.7 Å². The van der Waals surface area contributed by atoms with Crippen LogP contribution in [0.4, 0.5) is 0 Å². The van der Waals surface area contributed by atoms with Crippen LogP contribution in [0.25, 0.3) is 0 Å². The van der Waals surface area contributed by atoms with E-state index in [1.807, 2.05) is 18.7 Å². The highest BCUT2D eigenvalue weighted by Crippen LogP contribution is 2.36. The number of rotatable bonds is 6. The SMILES string of the molecule is CCCCCCC1CC=C(C2=NC(C)=NC(C)N2)S1. The molecule has 2 atom stereocenters. The zero-order valence-electron chi connectivity index (χ0n) is 12.3. The second-order valence-corrected chi connectivity index (χ2v) is 6.69. The second-order valence-electron chi connectivity index (χ2n) is 5.35. The monoisotopic (exact) mass is 279 g/mol. The van der Waals surface area contributed by atoms with Crippen LogP contribution in [0, 0.1) is 0 Å². The molecule has 0 aromatic carbocycles. The summed E-state index contributed by atoms with van der Waals surface area (Å²) in [5.74, 6) is 1.91. The van der Waals surface area contributed by atoms with Crippen molar-refractivity contribution in [3.05, 3.63) is 11.0 Å². The lowest BCUT2D eigenvalue weighted by Gasteiger charge is -2.19. The minimum atomic E-state index is 0.151. The van der Waals surface area contributed by atoms with Crippen molar-refractivity contribution >= 4 is 23.4 Å². The Morgan fingerprint density at radius 3 is 2.95 bits per heavy atom. The third kappa shape index (κ3) is 4.37. The average Bonchev–Trinajstić information content (AvgIpc) is 2.82. The summed E-state index contributed by atoms with van der Waals surface area (Å²) in [6, 6.07) is 0. The molecular weight excluding hydrogens is 254 g/mol. The summed E-state index contributed by atoms with van der Waals surface area (Å²) in [5, 5.41) is 4.11. The molecule has 19 heavy (non-hydrogen) atoms. The maximum Gasteiger partial charge on any atom is 0.143 e. The second kappa shape index (κ2) is 7.13. The van der Waals surface area contributed by atoms with Gasteiger partial charge in [0.05, 0.1) is 0 Å². The molecule has 0 spiro atoms. The van der Waals surface area contributed by atoms with Gasteiger partial charge in [-0.3, -0.25) is 0 Å². The average molecular weight is 279 g/mol. The summed E-state index contributed by atoms with van der Waals surface area (Å²) in [4.78, 5) is 10.2. The molecule has 2 aliphatic rings. The van der Waals surface area contributed by atoms with Crippen LogP contribution in [0.3, 0.4) is 0 Å². The van der Waals surface area contributed by atoms with Gasteiger partial charge in [0, 0.05) is 10.2 Å². The Morgan fingerprint density at radius 2 is 2.21 bits per heavy atom. The molecule has 0 saturated heterocycles. The zero-order valence-corrected chi connectivity index (χ0v) is 13.1. The van der Waals surface area contributed by atoms with Gasteiger partial charge in [0.1, 0.15) is 17.8 Å². The van der Waals surface area contributed by atoms with Crippen molar-refractivity contribution in [1.82, 2.24) is 5.32 Å². The fourth-order valence-electron chi connectivity index (χ4n) is 2.50. The van der Waals surface area contributed by atoms with Crippen molar-refractivity contribution in [2.75, 3.05) is 0 Å². The number of aliphatic imine (C=N–C) groups is 2. The zero-order chi connectivity index (χ0) is 13.7. The molecule has 0 fully saturated rings. The molecule has 4 heteroatoms. The van der Waals surface area contributed by atoms with Gasteiger partial charge in [-0.2, -0.15) is 0 Å². The Bertz CT molecular complexity index is 398. The molecule has 1 N–H and O–H groups in total. The normalized spacial score (nSPS) is 26.6. The Kier molecular flexibility index (Phi) is 5.49. The summed E-state index contributed by atoms with van der Waals surface area (Å²) >= 11 is 1.99. The molecule has 0 amide bonds. The van der Waals surface area contributed by atoms with Crippen LogP contribution in [-0.2, 0) is 0 Å². The molecule has 2 rings (SSSR count). The fraction of sp³-hybridized carbons (Fsp3) is 0.733. The number of thioether (sulfide) groups is 1. The van der Waals surface area contributed by atoms with Crippen LogP contribution < -0.4 is 5.32 Å². The summed E-state index contributed by atoms with van der Waals surface area (Å²) in [5.41, 5.74) is 0. The Morgan fingerprint density at radius 1 is 1.37 bits per heavy atom. The first-order valence-corrected chi connectivity index (χ1v) is 8.34. The van der Waals surface area contributed by atoms with E-state index >= 15 is 0 Å². The van der Waals surface area contributed by atoms with Crippen molar-refractivity contribution in [3.63, 3.8) is 0 Å². The van der Waals surface area contributed by atoms with E-state index in [9.17, 15) is 0 Å². The number of amidine groups is 2. The van der Waals surface area contributed by atoms with Gasteiger partial charge >= 0.3 is 0 Å². The lowest BCUT2D eigenvalue weighted by atomic mass is 10.1. The fourth-order valence-corrected chi connectivity index (χ4v) is 3.75. The number of unbranched alkanes of at least 4 members (excludes halogenated alkanes) is 3. The van der Waals surface area contributed by atoms with Gasteiger partial charge in [0.25, 0.3) is 0 Å². The predicted molar refractivity (Wildman–Crippen MR) is 86.0 cm³/mol. The van der Waals surface area contributed by atoms with E-state index in [0.29, 0.717) is 0 Å². The maximum atomic E-state index is 4.53. The van der Waals surface area contributed by atoms with Crippen molar-refractivity contribution in [2.24, 2.45) is 9.98 Å². The lowest BCUT2D eigenvalue weighted by Crippen LogP contribution is -2.36. The third-order valence-corrected chi connectivity index (χ3v) is 4.85. The molecule has 2 unspecified atom stereocenters. The van der Waals surface area contributed by atoms with Gasteiger partial charge in [-0.1, -0.05) is 38.7 Å². The topological polar surface area (TPSA) is 36.8 Å². The summed E-state index contributed by atoms with van der Waals surface area (Å²) in [6.07, 6.45) is 10.5. The summed E-state index contributed by atoms with van der Waals surface area (Å²) < 4.78 is 0. The first kappa shape index (κ1) is 14.6. The molecule has 0 saturated carbocycles. The molecule has 2 aliphatic heterocycles. The van der Waals surface area contributed by atoms with Gasteiger partial charge in [-0.25, -0.2) is 9.98 Å². The molecule has 0 bridgehead atoms. The van der Waals surface area contributed by atoms with E-state index in [2.05, 4.69) is 35.2 Å². The molecule has 0 aliphatic carbocycles. The predicted octanol–water partition coefficient (Wildman–Crippen LogP) is 4.11. The molecule has 0 radical (unpaired) electrons. The van der Waals surface area contributed by atoms with Crippen LogP contribution >= 0.6 is 11.8 Å². The Balaban J connectivity index is 1.80. The van der Waals surface area contributed by atoms with Gasteiger partial charge in [0.2, 0.25) is 0 Å².